The maximum Gasteiger partial charge on any atom is 0.277 e. The number of rotatable bonds is 6. The van der Waals surface area contributed by atoms with Gasteiger partial charge >= 0.3 is 0 Å². The molecular weight excluding hydrogens is 351 g/mol. The van der Waals surface area contributed by atoms with E-state index >= 15 is 0 Å². The number of hydrogen-bond donors (Lipinski definition) is 2. The zero-order chi connectivity index (χ0) is 16.2. The molecule has 3 N–H and O–H groups in total. The van der Waals surface area contributed by atoms with Crippen molar-refractivity contribution in [1.82, 2.24) is 10.2 Å². The largest absolute Gasteiger partial charge is 0.373 e. The molecule has 0 aliphatic carbocycles. The first-order chi connectivity index (χ1) is 9.66. The number of morpholine rings is 1. The average molecular weight is 380 g/mol. The number of amides is 1. The number of carbonyl (C=O) groups excluding carboxylic acids is 1. The van der Waals surface area contributed by atoms with Gasteiger partial charge in [-0.1, -0.05) is 13.8 Å². The van der Waals surface area contributed by atoms with Crippen LogP contribution in [0.4, 0.5) is 8.78 Å². The second kappa shape index (κ2) is 10.6. The zero-order valence-electron chi connectivity index (χ0n) is 14.1. The average Bonchev–Trinajstić information content (AvgIpc) is 2.35. The van der Waals surface area contributed by atoms with E-state index in [0.29, 0.717) is 13.1 Å². The summed E-state index contributed by atoms with van der Waals surface area (Å²) < 4.78 is 32.0. The predicted molar refractivity (Wildman–Crippen MR) is 91.7 cm³/mol. The van der Waals surface area contributed by atoms with Gasteiger partial charge in [0.05, 0.1) is 31.3 Å². The number of nitrogens with two attached hydrogens (primary N) is 1. The van der Waals surface area contributed by atoms with Crippen LogP contribution in [0.15, 0.2) is 0 Å². The number of hydrogen-bond acceptors (Lipinski definition) is 4. The van der Waals surface area contributed by atoms with Crippen LogP contribution in [-0.2, 0) is 9.53 Å². The van der Waals surface area contributed by atoms with Crippen molar-refractivity contribution in [1.29, 1.82) is 0 Å². The first-order valence-electron chi connectivity index (χ1n) is 7.41. The molecule has 3 atom stereocenters. The van der Waals surface area contributed by atoms with E-state index in [2.05, 4.69) is 5.32 Å². The second-order valence-corrected chi connectivity index (χ2v) is 6.18. The molecule has 1 aliphatic heterocycles. The molecule has 5 nitrogen and oxygen atoms in total. The normalized spacial score (nSPS) is 23.7. The Morgan fingerprint density at radius 1 is 1.30 bits per heavy atom. The van der Waals surface area contributed by atoms with Crippen molar-refractivity contribution in [3.05, 3.63) is 0 Å². The van der Waals surface area contributed by atoms with Crippen molar-refractivity contribution in [2.45, 2.75) is 51.9 Å². The van der Waals surface area contributed by atoms with Gasteiger partial charge in [-0.05, 0) is 19.8 Å². The van der Waals surface area contributed by atoms with Gasteiger partial charge in [0.1, 0.15) is 0 Å². The molecule has 0 aromatic heterocycles. The first-order valence-corrected chi connectivity index (χ1v) is 7.41. The SMILES string of the molecule is CC1CN(C(C(=O)NCC(F)(F)CN)C(C)C)CC(C)O1.Cl.Cl. The van der Waals surface area contributed by atoms with E-state index in [1.807, 2.05) is 32.6 Å². The summed E-state index contributed by atoms with van der Waals surface area (Å²) in [5.74, 6) is -3.42. The van der Waals surface area contributed by atoms with E-state index < -0.39 is 25.1 Å². The van der Waals surface area contributed by atoms with Crippen LogP contribution in [0.3, 0.4) is 0 Å². The third-order valence-electron chi connectivity index (χ3n) is 3.56. The quantitative estimate of drug-likeness (QED) is 0.736. The number of carbonyl (C=O) groups is 1. The standard InChI is InChI=1S/C14H27F2N3O2.2ClH/c1-9(2)12(13(20)18-8-14(15,16)7-17)19-5-10(3)21-11(4)6-19;;/h9-12H,5-8,17H2,1-4H3,(H,18,20);2*1H. The van der Waals surface area contributed by atoms with Crippen molar-refractivity contribution in [3.8, 4) is 0 Å². The first kappa shape index (κ1) is 25.0. The highest BCUT2D eigenvalue weighted by Crippen LogP contribution is 2.19. The topological polar surface area (TPSA) is 67.6 Å². The Balaban J connectivity index is 0. The van der Waals surface area contributed by atoms with Crippen LogP contribution in [0.2, 0.25) is 0 Å². The molecule has 0 aromatic carbocycles. The molecule has 23 heavy (non-hydrogen) atoms. The Kier molecular flexibility index (Phi) is 11.6. The monoisotopic (exact) mass is 379 g/mol. The van der Waals surface area contributed by atoms with E-state index in [4.69, 9.17) is 10.5 Å². The van der Waals surface area contributed by atoms with Gasteiger partial charge in [-0.15, -0.1) is 24.8 Å². The summed E-state index contributed by atoms with van der Waals surface area (Å²) in [6.45, 7) is 7.46. The molecule has 0 aromatic rings. The molecule has 0 radical (unpaired) electrons. The molecule has 140 valence electrons. The number of alkyl halides is 2. The van der Waals surface area contributed by atoms with Crippen LogP contribution in [0.25, 0.3) is 0 Å². The Morgan fingerprint density at radius 3 is 2.17 bits per heavy atom. The third-order valence-corrected chi connectivity index (χ3v) is 3.56. The van der Waals surface area contributed by atoms with Crippen LogP contribution < -0.4 is 11.1 Å². The Bertz CT molecular complexity index is 353. The Hall–Kier alpha value is -0.210. The molecule has 1 amide bonds. The van der Waals surface area contributed by atoms with Gasteiger partial charge in [0.2, 0.25) is 5.91 Å². The van der Waals surface area contributed by atoms with Gasteiger partial charge in [0.15, 0.2) is 0 Å². The summed E-state index contributed by atoms with van der Waals surface area (Å²) >= 11 is 0. The highest BCUT2D eigenvalue weighted by atomic mass is 35.5. The lowest BCUT2D eigenvalue weighted by Gasteiger charge is -2.41. The van der Waals surface area contributed by atoms with Crippen LogP contribution >= 0.6 is 24.8 Å². The van der Waals surface area contributed by atoms with Gasteiger partial charge in [-0.3, -0.25) is 9.69 Å². The number of nitrogens with one attached hydrogen (secondary N) is 1. The molecule has 1 saturated heterocycles. The molecule has 1 heterocycles. The number of halogens is 4. The molecule has 3 unspecified atom stereocenters. The molecule has 1 rings (SSSR count). The van der Waals surface area contributed by atoms with Crippen LogP contribution in [0, 0.1) is 5.92 Å². The summed E-state index contributed by atoms with van der Waals surface area (Å²) in [5, 5.41) is 2.33. The predicted octanol–water partition coefficient (Wildman–Crippen LogP) is 1.67. The second-order valence-electron chi connectivity index (χ2n) is 6.18. The lowest BCUT2D eigenvalue weighted by atomic mass is 9.99. The maximum atomic E-state index is 13.2. The smallest absolute Gasteiger partial charge is 0.277 e. The van der Waals surface area contributed by atoms with E-state index in [1.54, 1.807) is 0 Å². The van der Waals surface area contributed by atoms with Crippen molar-refractivity contribution in [2.24, 2.45) is 11.7 Å². The van der Waals surface area contributed by atoms with E-state index in [9.17, 15) is 13.6 Å². The van der Waals surface area contributed by atoms with Crippen LogP contribution in [0.5, 0.6) is 0 Å². The van der Waals surface area contributed by atoms with E-state index in [0.717, 1.165) is 0 Å². The van der Waals surface area contributed by atoms with Crippen molar-refractivity contribution < 1.29 is 18.3 Å². The van der Waals surface area contributed by atoms with E-state index in [-0.39, 0.29) is 48.8 Å². The minimum Gasteiger partial charge on any atom is -0.373 e. The summed E-state index contributed by atoms with van der Waals surface area (Å²) in [6, 6.07) is -0.438. The summed E-state index contributed by atoms with van der Waals surface area (Å²) in [4.78, 5) is 14.3. The highest BCUT2D eigenvalue weighted by Gasteiger charge is 2.35. The Labute approximate surface area is 149 Å². The number of nitrogens with zero attached hydrogens (tertiary/aromatic N) is 1. The molecule has 0 saturated carbocycles. The van der Waals surface area contributed by atoms with Crippen LogP contribution in [-0.4, -0.2) is 61.2 Å². The summed E-state index contributed by atoms with van der Waals surface area (Å²) in [6.07, 6.45) is 0.0431. The Morgan fingerprint density at radius 2 is 1.78 bits per heavy atom. The fourth-order valence-corrected chi connectivity index (χ4v) is 2.73. The van der Waals surface area contributed by atoms with Crippen molar-refractivity contribution in [2.75, 3.05) is 26.2 Å². The van der Waals surface area contributed by atoms with Crippen molar-refractivity contribution >= 4 is 30.7 Å². The minimum atomic E-state index is -3.07. The fraction of sp³-hybridized carbons (Fsp3) is 0.929. The van der Waals surface area contributed by atoms with Gasteiger partial charge < -0.3 is 15.8 Å². The van der Waals surface area contributed by atoms with Gasteiger partial charge in [-0.25, -0.2) is 8.78 Å². The molecule has 1 fully saturated rings. The molecule has 0 bridgehead atoms. The van der Waals surface area contributed by atoms with Gasteiger partial charge in [-0.2, -0.15) is 0 Å². The molecule has 9 heteroatoms. The molecule has 1 aliphatic rings. The maximum absolute atomic E-state index is 13.2. The minimum absolute atomic E-state index is 0. The summed E-state index contributed by atoms with van der Waals surface area (Å²) in [7, 11) is 0. The van der Waals surface area contributed by atoms with E-state index in [1.165, 1.54) is 0 Å². The molecule has 0 spiro atoms. The zero-order valence-corrected chi connectivity index (χ0v) is 15.7. The lowest BCUT2D eigenvalue weighted by molar-refractivity contribution is -0.137. The molecular formula is C14H29Cl2F2N3O2. The lowest BCUT2D eigenvalue weighted by Crippen LogP contribution is -2.58. The fourth-order valence-electron chi connectivity index (χ4n) is 2.73. The highest BCUT2D eigenvalue weighted by molar-refractivity contribution is 5.85. The van der Waals surface area contributed by atoms with Gasteiger partial charge in [0, 0.05) is 13.1 Å². The third kappa shape index (κ3) is 7.94. The summed E-state index contributed by atoms with van der Waals surface area (Å²) in [5.41, 5.74) is 4.98. The van der Waals surface area contributed by atoms with Gasteiger partial charge in [0.25, 0.3) is 5.92 Å². The van der Waals surface area contributed by atoms with Crippen molar-refractivity contribution in [3.63, 3.8) is 0 Å². The van der Waals surface area contributed by atoms with Crippen LogP contribution in [0.1, 0.15) is 27.7 Å². The number of ether oxygens (including phenoxy) is 1.